The van der Waals surface area contributed by atoms with Crippen LogP contribution in [-0.4, -0.2) is 60.9 Å². The maximum absolute atomic E-state index is 12.8. The van der Waals surface area contributed by atoms with Crippen LogP contribution >= 0.6 is 0 Å². The summed E-state index contributed by atoms with van der Waals surface area (Å²) in [5.41, 5.74) is 1.17. The van der Waals surface area contributed by atoms with Gasteiger partial charge < -0.3 is 10.0 Å². The van der Waals surface area contributed by atoms with Gasteiger partial charge in [0.05, 0.1) is 11.0 Å². The molecule has 0 aromatic heterocycles. The maximum Gasteiger partial charge on any atom is 0.254 e. The van der Waals surface area contributed by atoms with Crippen LogP contribution in [0.15, 0.2) is 23.1 Å². The Morgan fingerprint density at radius 2 is 1.83 bits per heavy atom. The number of hydrogen-bond acceptors (Lipinski definition) is 4. The van der Waals surface area contributed by atoms with Crippen LogP contribution in [0.1, 0.15) is 42.6 Å². The van der Waals surface area contributed by atoms with Crippen molar-refractivity contribution in [1.29, 1.82) is 0 Å². The summed E-state index contributed by atoms with van der Waals surface area (Å²) in [6.07, 6.45) is 0.759. The number of hydrogen-bond donors (Lipinski definition) is 1. The van der Waals surface area contributed by atoms with Crippen LogP contribution in [0.5, 0.6) is 0 Å². The number of piperidine rings is 1. The Kier molecular flexibility index (Phi) is 6.01. The zero-order valence-electron chi connectivity index (χ0n) is 14.5. The summed E-state index contributed by atoms with van der Waals surface area (Å²) in [5.74, 6) is -0.170. The van der Waals surface area contributed by atoms with Crippen molar-refractivity contribution in [1.82, 2.24) is 9.21 Å². The van der Waals surface area contributed by atoms with E-state index in [1.165, 1.54) is 10.4 Å². The predicted molar refractivity (Wildman–Crippen MR) is 92.4 cm³/mol. The lowest BCUT2D eigenvalue weighted by atomic mass is 10.0. The van der Waals surface area contributed by atoms with Gasteiger partial charge in [0, 0.05) is 31.7 Å². The minimum atomic E-state index is -3.59. The molecular formula is C17H26N2O4S. The van der Waals surface area contributed by atoms with Crippen LogP contribution in [0.4, 0.5) is 0 Å². The number of rotatable bonds is 5. The molecule has 6 nitrogen and oxygen atoms in total. The van der Waals surface area contributed by atoms with Crippen LogP contribution in [0.25, 0.3) is 0 Å². The SMILES string of the molecule is CCN(CC)S(=O)(=O)c1ccc(C)c(C(=O)N2CCC(O)CC2)c1. The molecule has 7 heteroatoms. The lowest BCUT2D eigenvalue weighted by Crippen LogP contribution is -2.40. The Balaban J connectivity index is 2.34. The highest BCUT2D eigenvalue weighted by Crippen LogP contribution is 2.22. The quantitative estimate of drug-likeness (QED) is 0.872. The molecule has 134 valence electrons. The van der Waals surface area contributed by atoms with E-state index in [1.807, 2.05) is 0 Å². The molecule has 1 heterocycles. The van der Waals surface area contributed by atoms with Crippen molar-refractivity contribution in [2.75, 3.05) is 26.2 Å². The summed E-state index contributed by atoms with van der Waals surface area (Å²) in [4.78, 5) is 14.6. The molecule has 1 aliphatic rings. The molecule has 0 saturated carbocycles. The number of sulfonamides is 1. The second kappa shape index (κ2) is 7.63. The van der Waals surface area contributed by atoms with Gasteiger partial charge in [-0.1, -0.05) is 19.9 Å². The van der Waals surface area contributed by atoms with E-state index in [0.29, 0.717) is 44.6 Å². The molecule has 1 N–H and O–H groups in total. The number of aryl methyl sites for hydroxylation is 1. The number of aliphatic hydroxyl groups excluding tert-OH is 1. The van der Waals surface area contributed by atoms with Gasteiger partial charge in [-0.3, -0.25) is 4.79 Å². The third-order valence-corrected chi connectivity index (χ3v) is 6.58. The molecule has 0 unspecified atom stereocenters. The van der Waals surface area contributed by atoms with E-state index in [4.69, 9.17) is 0 Å². The van der Waals surface area contributed by atoms with Gasteiger partial charge in [0.1, 0.15) is 0 Å². The van der Waals surface area contributed by atoms with Crippen LogP contribution in [0, 0.1) is 6.92 Å². The van der Waals surface area contributed by atoms with Crippen molar-refractivity contribution in [3.8, 4) is 0 Å². The Bertz CT molecular complexity index is 691. The smallest absolute Gasteiger partial charge is 0.254 e. The van der Waals surface area contributed by atoms with Crippen molar-refractivity contribution in [2.45, 2.75) is 44.6 Å². The van der Waals surface area contributed by atoms with Gasteiger partial charge in [0.15, 0.2) is 0 Å². The highest BCUT2D eigenvalue weighted by Gasteiger charge is 2.26. The third kappa shape index (κ3) is 3.79. The van der Waals surface area contributed by atoms with Gasteiger partial charge in [0.25, 0.3) is 5.91 Å². The molecule has 2 rings (SSSR count). The van der Waals surface area contributed by atoms with Crippen molar-refractivity contribution < 1.29 is 18.3 Å². The minimum absolute atomic E-state index is 0.150. The molecule has 1 aromatic rings. The first-order valence-corrected chi connectivity index (χ1v) is 9.83. The fourth-order valence-electron chi connectivity index (χ4n) is 2.94. The van der Waals surface area contributed by atoms with Crippen molar-refractivity contribution >= 4 is 15.9 Å². The second-order valence-corrected chi connectivity index (χ2v) is 8.03. The van der Waals surface area contributed by atoms with Gasteiger partial charge in [-0.2, -0.15) is 4.31 Å². The second-order valence-electron chi connectivity index (χ2n) is 6.09. The van der Waals surface area contributed by atoms with Gasteiger partial charge in [0.2, 0.25) is 10.0 Å². The molecule has 1 aromatic carbocycles. The zero-order valence-corrected chi connectivity index (χ0v) is 15.3. The molecule has 0 atom stereocenters. The number of carbonyl (C=O) groups excluding carboxylic acids is 1. The number of likely N-dealkylation sites (tertiary alicyclic amines) is 1. The van der Waals surface area contributed by atoms with Gasteiger partial charge in [-0.15, -0.1) is 0 Å². The molecule has 1 saturated heterocycles. The largest absolute Gasteiger partial charge is 0.393 e. The van der Waals surface area contributed by atoms with Crippen LogP contribution in [0.2, 0.25) is 0 Å². The number of carbonyl (C=O) groups is 1. The van der Waals surface area contributed by atoms with Crippen LogP contribution < -0.4 is 0 Å². The first-order valence-electron chi connectivity index (χ1n) is 8.39. The fraction of sp³-hybridized carbons (Fsp3) is 0.588. The Morgan fingerprint density at radius 3 is 2.38 bits per heavy atom. The van der Waals surface area contributed by atoms with Crippen LogP contribution in [0.3, 0.4) is 0 Å². The summed E-state index contributed by atoms with van der Waals surface area (Å²) in [6, 6.07) is 4.72. The average Bonchev–Trinajstić information content (AvgIpc) is 2.56. The molecule has 24 heavy (non-hydrogen) atoms. The number of nitrogens with zero attached hydrogens (tertiary/aromatic N) is 2. The van der Waals surface area contributed by atoms with Gasteiger partial charge in [-0.05, 0) is 37.5 Å². The first-order chi connectivity index (χ1) is 11.3. The topological polar surface area (TPSA) is 77.9 Å². The molecule has 1 aliphatic heterocycles. The number of aliphatic hydroxyl groups is 1. The predicted octanol–water partition coefficient (Wildman–Crippen LogP) is 1.62. The highest BCUT2D eigenvalue weighted by molar-refractivity contribution is 7.89. The Hall–Kier alpha value is -1.44. The van der Waals surface area contributed by atoms with E-state index in [-0.39, 0.29) is 16.9 Å². The summed E-state index contributed by atoms with van der Waals surface area (Å²) in [7, 11) is -3.59. The van der Waals surface area contributed by atoms with Gasteiger partial charge in [-0.25, -0.2) is 8.42 Å². The molecule has 0 radical (unpaired) electrons. The molecular weight excluding hydrogens is 328 g/mol. The Labute approximate surface area is 144 Å². The van der Waals surface area contributed by atoms with E-state index in [2.05, 4.69) is 0 Å². The maximum atomic E-state index is 12.8. The number of benzene rings is 1. The zero-order chi connectivity index (χ0) is 17.9. The van der Waals surface area contributed by atoms with E-state index in [9.17, 15) is 18.3 Å². The third-order valence-electron chi connectivity index (χ3n) is 4.53. The Morgan fingerprint density at radius 1 is 1.25 bits per heavy atom. The lowest BCUT2D eigenvalue weighted by Gasteiger charge is -2.30. The minimum Gasteiger partial charge on any atom is -0.393 e. The fourth-order valence-corrected chi connectivity index (χ4v) is 4.43. The summed E-state index contributed by atoms with van der Waals surface area (Å²) >= 11 is 0. The molecule has 1 amide bonds. The average molecular weight is 354 g/mol. The summed E-state index contributed by atoms with van der Waals surface area (Å²) in [5, 5.41) is 9.58. The molecule has 1 fully saturated rings. The normalized spacial score (nSPS) is 16.6. The standard InChI is InChI=1S/C17H26N2O4S/c1-4-19(5-2)24(22,23)15-7-6-13(3)16(12-15)17(21)18-10-8-14(20)9-11-18/h6-7,12,14,20H,4-5,8-11H2,1-3H3. The molecule has 0 bridgehead atoms. The van der Waals surface area contributed by atoms with E-state index >= 15 is 0 Å². The lowest BCUT2D eigenvalue weighted by molar-refractivity contribution is 0.0545. The van der Waals surface area contributed by atoms with E-state index in [0.717, 1.165) is 5.56 Å². The summed E-state index contributed by atoms with van der Waals surface area (Å²) in [6.45, 7) is 7.15. The molecule has 0 aliphatic carbocycles. The van der Waals surface area contributed by atoms with Crippen LogP contribution in [-0.2, 0) is 10.0 Å². The molecule has 0 spiro atoms. The monoisotopic (exact) mass is 354 g/mol. The van der Waals surface area contributed by atoms with E-state index < -0.39 is 10.0 Å². The summed E-state index contributed by atoms with van der Waals surface area (Å²) < 4.78 is 26.7. The first kappa shape index (κ1) is 18.9. The van der Waals surface area contributed by atoms with E-state index in [1.54, 1.807) is 37.8 Å². The van der Waals surface area contributed by atoms with Crippen molar-refractivity contribution in [2.24, 2.45) is 0 Å². The highest BCUT2D eigenvalue weighted by atomic mass is 32.2. The van der Waals surface area contributed by atoms with Gasteiger partial charge >= 0.3 is 0 Å². The number of amides is 1. The van der Waals surface area contributed by atoms with Crippen molar-refractivity contribution in [3.05, 3.63) is 29.3 Å². The van der Waals surface area contributed by atoms with Crippen molar-refractivity contribution in [3.63, 3.8) is 0 Å².